The second-order valence-corrected chi connectivity index (χ2v) is 4.83. The molecule has 1 fully saturated rings. The molecular formula is C13H21NO. The smallest absolute Gasteiger partial charge is 0.117 e. The van der Waals surface area contributed by atoms with Gasteiger partial charge in [0.25, 0.3) is 0 Å². The van der Waals surface area contributed by atoms with Crippen LogP contribution >= 0.6 is 0 Å². The van der Waals surface area contributed by atoms with Crippen molar-refractivity contribution in [1.29, 1.82) is 0 Å². The van der Waals surface area contributed by atoms with Gasteiger partial charge in [-0.3, -0.25) is 0 Å². The summed E-state index contributed by atoms with van der Waals surface area (Å²) < 4.78 is 5.32. The molecule has 1 aliphatic carbocycles. The summed E-state index contributed by atoms with van der Waals surface area (Å²) in [6, 6.07) is 4.65. The Morgan fingerprint density at radius 1 is 1.40 bits per heavy atom. The van der Waals surface area contributed by atoms with Crippen molar-refractivity contribution in [3.05, 3.63) is 24.2 Å². The Labute approximate surface area is 92.1 Å². The van der Waals surface area contributed by atoms with Crippen LogP contribution in [0.5, 0.6) is 0 Å². The zero-order valence-corrected chi connectivity index (χ0v) is 9.70. The zero-order chi connectivity index (χ0) is 10.7. The number of rotatable bonds is 3. The lowest BCUT2D eigenvalue weighted by atomic mass is 9.78. The predicted molar refractivity (Wildman–Crippen MR) is 61.5 cm³/mol. The number of hydrogen-bond donors (Lipinski definition) is 1. The molecule has 2 rings (SSSR count). The summed E-state index contributed by atoms with van der Waals surface area (Å²) in [5.41, 5.74) is 0. The minimum atomic E-state index is 0.666. The van der Waals surface area contributed by atoms with Gasteiger partial charge in [0.15, 0.2) is 0 Å². The molecule has 1 saturated carbocycles. The number of furan rings is 1. The van der Waals surface area contributed by atoms with Crippen molar-refractivity contribution in [2.45, 2.75) is 45.7 Å². The van der Waals surface area contributed by atoms with Gasteiger partial charge in [0, 0.05) is 6.04 Å². The molecule has 2 heteroatoms. The highest BCUT2D eigenvalue weighted by Crippen LogP contribution is 2.29. The Hall–Kier alpha value is -0.760. The molecular weight excluding hydrogens is 186 g/mol. The van der Waals surface area contributed by atoms with Gasteiger partial charge in [-0.2, -0.15) is 0 Å². The maximum Gasteiger partial charge on any atom is 0.117 e. The first-order chi connectivity index (χ1) is 7.27. The molecule has 1 N–H and O–H groups in total. The second-order valence-electron chi connectivity index (χ2n) is 4.83. The average Bonchev–Trinajstić information content (AvgIpc) is 2.73. The lowest BCUT2D eigenvalue weighted by Crippen LogP contribution is -2.40. The monoisotopic (exact) mass is 207 g/mol. The highest BCUT2D eigenvalue weighted by molar-refractivity contribution is 4.98. The first-order valence-electron chi connectivity index (χ1n) is 6.03. The molecule has 2 nitrogen and oxygen atoms in total. The third-order valence-electron chi connectivity index (χ3n) is 3.83. The quantitative estimate of drug-likeness (QED) is 0.823. The van der Waals surface area contributed by atoms with Crippen LogP contribution in [0.1, 0.15) is 38.9 Å². The largest absolute Gasteiger partial charge is 0.468 e. The van der Waals surface area contributed by atoms with Crippen LogP contribution in [-0.4, -0.2) is 6.04 Å². The van der Waals surface area contributed by atoms with E-state index in [1.807, 2.05) is 12.1 Å². The van der Waals surface area contributed by atoms with E-state index >= 15 is 0 Å². The Morgan fingerprint density at radius 2 is 2.27 bits per heavy atom. The third-order valence-corrected chi connectivity index (χ3v) is 3.83. The Balaban J connectivity index is 1.83. The maximum atomic E-state index is 5.32. The zero-order valence-electron chi connectivity index (χ0n) is 9.70. The summed E-state index contributed by atoms with van der Waals surface area (Å²) in [5.74, 6) is 2.68. The average molecular weight is 207 g/mol. The van der Waals surface area contributed by atoms with E-state index in [-0.39, 0.29) is 0 Å². The summed E-state index contributed by atoms with van der Waals surface area (Å²) in [6.07, 6.45) is 5.80. The topological polar surface area (TPSA) is 25.2 Å². The number of hydrogen-bond acceptors (Lipinski definition) is 2. The van der Waals surface area contributed by atoms with Crippen LogP contribution in [0.3, 0.4) is 0 Å². The molecule has 0 unspecified atom stereocenters. The molecule has 1 aliphatic rings. The van der Waals surface area contributed by atoms with Crippen molar-refractivity contribution in [3.8, 4) is 0 Å². The lowest BCUT2D eigenvalue weighted by Gasteiger charge is -2.34. The first-order valence-corrected chi connectivity index (χ1v) is 6.03. The van der Waals surface area contributed by atoms with Crippen molar-refractivity contribution >= 4 is 0 Å². The molecule has 0 radical (unpaired) electrons. The van der Waals surface area contributed by atoms with Crippen LogP contribution in [0.2, 0.25) is 0 Å². The van der Waals surface area contributed by atoms with E-state index in [1.165, 1.54) is 19.3 Å². The highest BCUT2D eigenvalue weighted by atomic mass is 16.3. The van der Waals surface area contributed by atoms with Gasteiger partial charge in [-0.15, -0.1) is 0 Å². The molecule has 0 bridgehead atoms. The maximum absolute atomic E-state index is 5.32. The summed E-state index contributed by atoms with van der Waals surface area (Å²) in [7, 11) is 0. The molecule has 0 saturated heterocycles. The van der Waals surface area contributed by atoms with E-state index < -0.39 is 0 Å². The van der Waals surface area contributed by atoms with E-state index in [1.54, 1.807) is 6.26 Å². The highest BCUT2D eigenvalue weighted by Gasteiger charge is 2.26. The van der Waals surface area contributed by atoms with Crippen LogP contribution in [0.4, 0.5) is 0 Å². The molecule has 0 amide bonds. The molecule has 1 aromatic rings. The Bertz CT molecular complexity index is 281. The van der Waals surface area contributed by atoms with E-state index in [0.717, 1.165) is 24.1 Å². The molecule has 84 valence electrons. The molecule has 3 atom stereocenters. The fraction of sp³-hybridized carbons (Fsp3) is 0.692. The van der Waals surface area contributed by atoms with Gasteiger partial charge in [-0.05, 0) is 30.4 Å². The fourth-order valence-corrected chi connectivity index (χ4v) is 2.51. The lowest BCUT2D eigenvalue weighted by molar-refractivity contribution is 0.203. The normalized spacial score (nSPS) is 31.7. The predicted octanol–water partition coefficient (Wildman–Crippen LogP) is 3.19. The van der Waals surface area contributed by atoms with E-state index in [0.29, 0.717) is 6.04 Å². The minimum absolute atomic E-state index is 0.666. The van der Waals surface area contributed by atoms with Crippen LogP contribution in [0.25, 0.3) is 0 Å². The summed E-state index contributed by atoms with van der Waals surface area (Å²) in [4.78, 5) is 0. The third kappa shape index (κ3) is 2.63. The van der Waals surface area contributed by atoms with Crippen LogP contribution < -0.4 is 5.32 Å². The van der Waals surface area contributed by atoms with Gasteiger partial charge < -0.3 is 9.73 Å². The van der Waals surface area contributed by atoms with Gasteiger partial charge in [-0.1, -0.05) is 26.7 Å². The van der Waals surface area contributed by atoms with Crippen molar-refractivity contribution in [1.82, 2.24) is 5.32 Å². The van der Waals surface area contributed by atoms with Gasteiger partial charge in [0.1, 0.15) is 5.76 Å². The Kier molecular flexibility index (Phi) is 3.47. The van der Waals surface area contributed by atoms with Crippen molar-refractivity contribution < 1.29 is 4.42 Å². The molecule has 0 spiro atoms. The summed E-state index contributed by atoms with van der Waals surface area (Å²) in [5, 5.41) is 3.61. The molecule has 0 aromatic carbocycles. The fourth-order valence-electron chi connectivity index (χ4n) is 2.51. The van der Waals surface area contributed by atoms with Crippen LogP contribution in [0, 0.1) is 11.8 Å². The summed E-state index contributed by atoms with van der Waals surface area (Å²) >= 11 is 0. The Morgan fingerprint density at radius 3 is 3.00 bits per heavy atom. The summed E-state index contributed by atoms with van der Waals surface area (Å²) in [6.45, 7) is 5.60. The van der Waals surface area contributed by atoms with Gasteiger partial charge in [0.05, 0.1) is 12.8 Å². The van der Waals surface area contributed by atoms with Gasteiger partial charge in [0.2, 0.25) is 0 Å². The van der Waals surface area contributed by atoms with Crippen molar-refractivity contribution in [3.63, 3.8) is 0 Å². The molecule has 1 aromatic heterocycles. The minimum Gasteiger partial charge on any atom is -0.468 e. The molecule has 1 heterocycles. The second kappa shape index (κ2) is 4.84. The number of nitrogens with one attached hydrogen (secondary N) is 1. The molecule has 15 heavy (non-hydrogen) atoms. The SMILES string of the molecule is C[C@H]1[C@@H](NCc2ccco2)CCC[C@@H]1C. The van der Waals surface area contributed by atoms with Crippen molar-refractivity contribution in [2.24, 2.45) is 11.8 Å². The van der Waals surface area contributed by atoms with Gasteiger partial charge in [-0.25, -0.2) is 0 Å². The van der Waals surface area contributed by atoms with Gasteiger partial charge >= 0.3 is 0 Å². The van der Waals surface area contributed by atoms with E-state index in [4.69, 9.17) is 4.42 Å². The van der Waals surface area contributed by atoms with Crippen molar-refractivity contribution in [2.75, 3.05) is 0 Å². The van der Waals surface area contributed by atoms with Crippen LogP contribution in [-0.2, 0) is 6.54 Å². The van der Waals surface area contributed by atoms with Crippen LogP contribution in [0.15, 0.2) is 22.8 Å². The standard InChI is InChI=1S/C13H21NO/c1-10-5-3-7-13(11(10)2)14-9-12-6-4-8-15-12/h4,6,8,10-11,13-14H,3,5,7,9H2,1-2H3/t10-,11+,13-/m0/s1. The van der Waals surface area contributed by atoms with E-state index in [2.05, 4.69) is 19.2 Å². The first kappa shape index (κ1) is 10.7. The molecule has 0 aliphatic heterocycles. The van der Waals surface area contributed by atoms with E-state index in [9.17, 15) is 0 Å².